The first-order chi connectivity index (χ1) is 9.55. The second-order valence-corrected chi connectivity index (χ2v) is 6.30. The quantitative estimate of drug-likeness (QED) is 0.828. The van der Waals surface area contributed by atoms with E-state index in [1.165, 1.54) is 4.88 Å². The second kappa shape index (κ2) is 6.35. The topological polar surface area (TPSA) is 53.5 Å². The number of nitrogens with zero attached hydrogens (tertiary/aromatic N) is 3. The van der Waals surface area contributed by atoms with Gasteiger partial charge in [0.15, 0.2) is 0 Å². The minimum absolute atomic E-state index is 0.0440. The van der Waals surface area contributed by atoms with E-state index >= 15 is 0 Å². The zero-order valence-corrected chi connectivity index (χ0v) is 13.1. The summed E-state index contributed by atoms with van der Waals surface area (Å²) in [7, 11) is 1.79. The predicted molar refractivity (Wildman–Crippen MR) is 78.3 cm³/mol. The Bertz CT molecular complexity index is 500. The minimum atomic E-state index is -0.196. The van der Waals surface area contributed by atoms with Crippen molar-refractivity contribution in [2.45, 2.75) is 33.2 Å². The van der Waals surface area contributed by atoms with E-state index in [-0.39, 0.29) is 17.7 Å². The first-order valence-electron chi connectivity index (χ1n) is 7.01. The van der Waals surface area contributed by atoms with E-state index < -0.39 is 0 Å². The van der Waals surface area contributed by atoms with Gasteiger partial charge in [0.05, 0.1) is 12.5 Å². The average molecular weight is 295 g/mol. The molecule has 0 saturated carbocycles. The molecule has 1 atom stereocenters. The number of carbonyl (C=O) groups is 2. The third-order valence-corrected chi connectivity index (χ3v) is 4.77. The number of carbonyl (C=O) groups excluding carboxylic acids is 2. The van der Waals surface area contributed by atoms with Crippen molar-refractivity contribution < 1.29 is 9.59 Å². The largest absolute Gasteiger partial charge is 0.342 e. The van der Waals surface area contributed by atoms with Gasteiger partial charge in [0.2, 0.25) is 11.8 Å². The Morgan fingerprint density at radius 3 is 2.85 bits per heavy atom. The van der Waals surface area contributed by atoms with Crippen LogP contribution in [0, 0.1) is 5.92 Å². The van der Waals surface area contributed by atoms with Crippen LogP contribution >= 0.6 is 11.3 Å². The Morgan fingerprint density at radius 1 is 1.55 bits per heavy atom. The summed E-state index contributed by atoms with van der Waals surface area (Å²) in [6, 6.07) is 0. The van der Waals surface area contributed by atoms with E-state index in [1.54, 1.807) is 28.2 Å². The summed E-state index contributed by atoms with van der Waals surface area (Å²) in [5.41, 5.74) is 0. The Balaban J connectivity index is 1.94. The summed E-state index contributed by atoms with van der Waals surface area (Å²) in [6.07, 6.45) is 3.18. The van der Waals surface area contributed by atoms with E-state index in [9.17, 15) is 9.59 Å². The maximum Gasteiger partial charge on any atom is 0.228 e. The molecular formula is C14H21N3O2S. The lowest BCUT2D eigenvalue weighted by Gasteiger charge is -2.20. The van der Waals surface area contributed by atoms with Crippen LogP contribution in [-0.4, -0.2) is 46.7 Å². The van der Waals surface area contributed by atoms with Crippen LogP contribution in [0.25, 0.3) is 0 Å². The molecule has 1 aromatic rings. The van der Waals surface area contributed by atoms with Crippen LogP contribution < -0.4 is 0 Å². The van der Waals surface area contributed by atoms with Crippen molar-refractivity contribution >= 4 is 23.2 Å². The number of amides is 2. The Hall–Kier alpha value is -1.43. The molecule has 1 aliphatic heterocycles. The van der Waals surface area contributed by atoms with Gasteiger partial charge in [0.25, 0.3) is 0 Å². The molecule has 110 valence electrons. The van der Waals surface area contributed by atoms with Gasteiger partial charge in [-0.25, -0.2) is 4.98 Å². The molecule has 20 heavy (non-hydrogen) atoms. The van der Waals surface area contributed by atoms with Gasteiger partial charge in [-0.1, -0.05) is 6.92 Å². The van der Waals surface area contributed by atoms with Crippen molar-refractivity contribution in [2.24, 2.45) is 5.92 Å². The number of hydrogen-bond acceptors (Lipinski definition) is 4. The predicted octanol–water partition coefficient (Wildman–Crippen LogP) is 1.53. The highest BCUT2D eigenvalue weighted by molar-refractivity contribution is 7.11. The highest BCUT2D eigenvalue weighted by atomic mass is 32.1. The SMILES string of the molecule is CCc1cnc(CN(C)C(=O)[C@H]2CC(=O)N(CC)C2)s1. The van der Waals surface area contributed by atoms with E-state index in [1.807, 2.05) is 13.1 Å². The fourth-order valence-corrected chi connectivity index (χ4v) is 3.34. The third kappa shape index (κ3) is 3.17. The number of likely N-dealkylation sites (tertiary alicyclic amines) is 1. The first kappa shape index (κ1) is 15.0. The van der Waals surface area contributed by atoms with Crippen LogP contribution in [0.5, 0.6) is 0 Å². The highest BCUT2D eigenvalue weighted by Crippen LogP contribution is 2.21. The molecular weight excluding hydrogens is 274 g/mol. The Kier molecular flexibility index (Phi) is 4.75. The van der Waals surface area contributed by atoms with Crippen LogP contribution in [0.2, 0.25) is 0 Å². The summed E-state index contributed by atoms with van der Waals surface area (Å²) in [5.74, 6) is -0.0672. The summed E-state index contributed by atoms with van der Waals surface area (Å²) in [6.45, 7) is 5.79. The number of hydrogen-bond donors (Lipinski definition) is 0. The summed E-state index contributed by atoms with van der Waals surface area (Å²) in [4.78, 5) is 33.0. The van der Waals surface area contributed by atoms with E-state index in [0.29, 0.717) is 26.1 Å². The normalized spacial score (nSPS) is 18.6. The van der Waals surface area contributed by atoms with Crippen LogP contribution in [0.3, 0.4) is 0 Å². The van der Waals surface area contributed by atoms with Crippen molar-refractivity contribution in [2.75, 3.05) is 20.1 Å². The molecule has 0 unspecified atom stereocenters. The van der Waals surface area contributed by atoms with Crippen LogP contribution in [0.4, 0.5) is 0 Å². The molecule has 1 saturated heterocycles. The molecule has 0 spiro atoms. The highest BCUT2D eigenvalue weighted by Gasteiger charge is 2.34. The minimum Gasteiger partial charge on any atom is -0.342 e. The molecule has 1 fully saturated rings. The third-order valence-electron chi connectivity index (χ3n) is 3.64. The second-order valence-electron chi connectivity index (χ2n) is 5.10. The Morgan fingerprint density at radius 2 is 2.30 bits per heavy atom. The molecule has 0 radical (unpaired) electrons. The number of aromatic nitrogens is 1. The van der Waals surface area contributed by atoms with Gasteiger partial charge < -0.3 is 9.80 Å². The molecule has 0 bridgehead atoms. The summed E-state index contributed by atoms with van der Waals surface area (Å²) >= 11 is 1.64. The van der Waals surface area contributed by atoms with Gasteiger partial charge in [-0.3, -0.25) is 9.59 Å². The molecule has 5 nitrogen and oxygen atoms in total. The molecule has 2 amide bonds. The van der Waals surface area contributed by atoms with Crippen molar-refractivity contribution in [1.82, 2.24) is 14.8 Å². The maximum absolute atomic E-state index is 12.4. The van der Waals surface area contributed by atoms with Gasteiger partial charge in [0, 0.05) is 37.6 Å². The average Bonchev–Trinajstić information content (AvgIpc) is 3.04. The standard InChI is InChI=1S/C14H21N3O2S/c1-4-11-7-15-12(20-11)9-16(3)14(19)10-6-13(18)17(5-2)8-10/h7,10H,4-6,8-9H2,1-3H3/t10-/m0/s1. The molecule has 2 rings (SSSR count). The van der Waals surface area contributed by atoms with Crippen LogP contribution in [-0.2, 0) is 22.6 Å². The first-order valence-corrected chi connectivity index (χ1v) is 7.83. The van der Waals surface area contributed by atoms with E-state index in [2.05, 4.69) is 11.9 Å². The fraction of sp³-hybridized carbons (Fsp3) is 0.643. The zero-order valence-electron chi connectivity index (χ0n) is 12.3. The molecule has 0 N–H and O–H groups in total. The number of thiazole rings is 1. The van der Waals surface area contributed by atoms with Gasteiger partial charge in [-0.05, 0) is 13.3 Å². The lowest BCUT2D eigenvalue weighted by molar-refractivity contribution is -0.135. The van der Waals surface area contributed by atoms with Crippen molar-refractivity contribution in [3.05, 3.63) is 16.1 Å². The smallest absolute Gasteiger partial charge is 0.228 e. The van der Waals surface area contributed by atoms with E-state index in [4.69, 9.17) is 0 Å². The number of aryl methyl sites for hydroxylation is 1. The fourth-order valence-electron chi connectivity index (χ4n) is 2.42. The molecule has 1 aliphatic rings. The molecule has 6 heteroatoms. The van der Waals surface area contributed by atoms with Crippen molar-refractivity contribution in [1.29, 1.82) is 0 Å². The Labute approximate surface area is 123 Å². The lowest BCUT2D eigenvalue weighted by atomic mass is 10.1. The number of rotatable bonds is 5. The van der Waals surface area contributed by atoms with Gasteiger partial charge in [-0.15, -0.1) is 11.3 Å². The van der Waals surface area contributed by atoms with Crippen molar-refractivity contribution in [3.63, 3.8) is 0 Å². The maximum atomic E-state index is 12.4. The summed E-state index contributed by atoms with van der Waals surface area (Å²) < 4.78 is 0. The van der Waals surface area contributed by atoms with Gasteiger partial charge in [0.1, 0.15) is 5.01 Å². The molecule has 1 aromatic heterocycles. The van der Waals surface area contributed by atoms with E-state index in [0.717, 1.165) is 11.4 Å². The zero-order chi connectivity index (χ0) is 14.7. The molecule has 0 aliphatic carbocycles. The summed E-state index contributed by atoms with van der Waals surface area (Å²) in [5, 5.41) is 0.953. The van der Waals surface area contributed by atoms with Crippen LogP contribution in [0.15, 0.2) is 6.20 Å². The molecule has 2 heterocycles. The lowest BCUT2D eigenvalue weighted by Crippen LogP contribution is -2.34. The van der Waals surface area contributed by atoms with Crippen molar-refractivity contribution in [3.8, 4) is 0 Å². The monoisotopic (exact) mass is 295 g/mol. The molecule has 0 aromatic carbocycles. The van der Waals surface area contributed by atoms with Crippen LogP contribution in [0.1, 0.15) is 30.2 Å². The van der Waals surface area contributed by atoms with Gasteiger partial charge >= 0.3 is 0 Å². The van der Waals surface area contributed by atoms with Gasteiger partial charge in [-0.2, -0.15) is 0 Å².